The Morgan fingerprint density at radius 1 is 1.04 bits per heavy atom. The van der Waals surface area contributed by atoms with Crippen LogP contribution >= 0.6 is 0 Å². The molecular weight excluding hydrogens is 409 g/mol. The van der Waals surface area contributed by atoms with Crippen LogP contribution in [-0.2, 0) is 27.2 Å². The van der Waals surface area contributed by atoms with E-state index in [1.54, 1.807) is 0 Å². The average Bonchev–Trinajstić information content (AvgIpc) is 2.86. The molecule has 0 saturated carbocycles. The van der Waals surface area contributed by atoms with Gasteiger partial charge in [0.1, 0.15) is 0 Å². The number of rotatable bonds is 6. The molecule has 1 aliphatic rings. The maximum atomic E-state index is 2.48. The maximum Gasteiger partial charge on any atom is -1.00 e. The van der Waals surface area contributed by atoms with E-state index < -0.39 is 0 Å². The van der Waals surface area contributed by atoms with E-state index in [9.17, 15) is 0 Å². The zero-order chi connectivity index (χ0) is 18.0. The largest absolute Gasteiger partial charge is 1.00 e. The first kappa shape index (κ1) is 24.5. The van der Waals surface area contributed by atoms with Crippen LogP contribution in [0, 0.1) is 5.92 Å². The predicted molar refractivity (Wildman–Crippen MR) is 105 cm³/mol. The minimum Gasteiger partial charge on any atom is -1.00 e. The van der Waals surface area contributed by atoms with Crippen LogP contribution in [0.5, 0.6) is 0 Å². The zero-order valence-electron chi connectivity index (χ0n) is 16.7. The van der Waals surface area contributed by atoms with Gasteiger partial charge in [0.15, 0.2) is 0 Å². The number of halogens is 2. The maximum absolute atomic E-state index is 2.48. The Hall–Kier alpha value is -0.566. The number of hydrogen-bond donors (Lipinski definition) is 0. The average molecular weight is 437 g/mol. The Labute approximate surface area is 188 Å². The molecule has 0 bridgehead atoms. The molecule has 0 amide bonds. The Morgan fingerprint density at radius 2 is 1.74 bits per heavy atom. The van der Waals surface area contributed by atoms with Crippen LogP contribution in [0.25, 0.3) is 16.3 Å². The molecule has 0 aliphatic heterocycles. The Kier molecular flexibility index (Phi) is 9.82. The third kappa shape index (κ3) is 5.28. The van der Waals surface area contributed by atoms with Crippen LogP contribution in [-0.4, -0.2) is 9.93 Å². The minimum absolute atomic E-state index is 0. The Bertz CT molecular complexity index is 841. The van der Waals surface area contributed by atoms with Crippen molar-refractivity contribution in [3.8, 4) is 0 Å². The third-order valence-corrected chi connectivity index (χ3v) is 6.01. The molecular formula is C23H28Cl2NTi. The molecule has 3 rings (SSSR count). The first-order valence-corrected chi connectivity index (χ1v) is 10.1. The van der Waals surface area contributed by atoms with Crippen LogP contribution in [0.3, 0.4) is 0 Å². The van der Waals surface area contributed by atoms with Crippen molar-refractivity contribution in [1.29, 1.82) is 0 Å². The molecule has 1 aliphatic carbocycles. The molecule has 0 spiro atoms. The van der Waals surface area contributed by atoms with E-state index in [4.69, 9.17) is 0 Å². The van der Waals surface area contributed by atoms with Gasteiger partial charge in [-0.25, -0.2) is 0 Å². The monoisotopic (exact) mass is 436 g/mol. The molecule has 0 fully saturated rings. The van der Waals surface area contributed by atoms with E-state index >= 15 is 0 Å². The third-order valence-electron chi connectivity index (χ3n) is 5.41. The molecule has 4 heteroatoms. The molecule has 0 saturated heterocycles. The van der Waals surface area contributed by atoms with Gasteiger partial charge in [-0.3, -0.25) is 0 Å². The summed E-state index contributed by atoms with van der Waals surface area (Å²) in [5.41, 5.74) is 7.34. The van der Waals surface area contributed by atoms with Crippen molar-refractivity contribution in [1.82, 2.24) is 3.38 Å². The number of unbranched alkanes of at least 4 members (excludes halogenated alkanes) is 1. The van der Waals surface area contributed by atoms with Crippen LogP contribution in [0.15, 0.2) is 53.6 Å². The van der Waals surface area contributed by atoms with Gasteiger partial charge < -0.3 is 24.8 Å². The summed E-state index contributed by atoms with van der Waals surface area (Å²) >= 11 is 2.25. The summed E-state index contributed by atoms with van der Waals surface area (Å²) in [6.45, 7) is 11.3. The normalized spacial score (nSPS) is 16.4. The first-order valence-electron chi connectivity index (χ1n) is 9.39. The quantitative estimate of drug-likeness (QED) is 0.588. The number of hydrogen-bond acceptors (Lipinski definition) is 1. The number of allylic oxidation sites excluding steroid dienone is 4. The fourth-order valence-corrected chi connectivity index (χ4v) is 4.46. The smallest absolute Gasteiger partial charge is 1.00 e. The van der Waals surface area contributed by atoms with Gasteiger partial charge >= 0.3 is 165 Å². The second kappa shape index (κ2) is 10.8. The van der Waals surface area contributed by atoms with Crippen molar-refractivity contribution in [3.63, 3.8) is 0 Å². The molecule has 1 unspecified atom stereocenters. The van der Waals surface area contributed by atoms with Crippen molar-refractivity contribution in [3.05, 3.63) is 64.7 Å². The minimum atomic E-state index is 0. The van der Waals surface area contributed by atoms with Crippen molar-refractivity contribution in [2.45, 2.75) is 47.1 Å². The van der Waals surface area contributed by atoms with Crippen LogP contribution in [0.2, 0.25) is 0 Å². The van der Waals surface area contributed by atoms with Crippen molar-refractivity contribution in [2.75, 3.05) is 6.54 Å². The van der Waals surface area contributed by atoms with E-state index in [1.165, 1.54) is 51.5 Å². The van der Waals surface area contributed by atoms with Crippen molar-refractivity contribution in [2.24, 2.45) is 5.92 Å². The molecule has 143 valence electrons. The molecule has 2 aromatic carbocycles. The van der Waals surface area contributed by atoms with Gasteiger partial charge in [-0.2, -0.15) is 0 Å². The second-order valence-corrected chi connectivity index (χ2v) is 8.25. The van der Waals surface area contributed by atoms with E-state index in [-0.39, 0.29) is 24.8 Å². The van der Waals surface area contributed by atoms with Gasteiger partial charge in [0, 0.05) is 0 Å². The summed E-state index contributed by atoms with van der Waals surface area (Å²) < 4.78 is 2.48. The number of fused-ring (bicyclic) bond motifs is 1. The summed E-state index contributed by atoms with van der Waals surface area (Å²) in [6, 6.07) is 13.5. The van der Waals surface area contributed by atoms with Crippen molar-refractivity contribution >= 4 is 16.3 Å². The Morgan fingerprint density at radius 3 is 2.37 bits per heavy atom. The summed E-state index contributed by atoms with van der Waals surface area (Å²) in [6.07, 6.45) is 4.91. The summed E-state index contributed by atoms with van der Waals surface area (Å²) in [4.78, 5) is 0. The van der Waals surface area contributed by atoms with E-state index in [0.29, 0.717) is 5.92 Å². The van der Waals surface area contributed by atoms with Crippen molar-refractivity contribution < 1.29 is 45.5 Å². The van der Waals surface area contributed by atoms with E-state index in [0.717, 1.165) is 13.1 Å². The topological polar surface area (TPSA) is 3.24 Å². The van der Waals surface area contributed by atoms with Crippen LogP contribution < -0.4 is 24.8 Å². The fourth-order valence-electron chi connectivity index (χ4n) is 3.96. The van der Waals surface area contributed by atoms with Gasteiger partial charge in [-0.15, -0.1) is 0 Å². The molecule has 2 aromatic rings. The number of benzene rings is 2. The van der Waals surface area contributed by atoms with Gasteiger partial charge in [-0.1, -0.05) is 0 Å². The standard InChI is InChI=1S/C23H28N.2ClH.Ti/c1-5-6-13-24-15-22-20-10-8-7-9-19(20)11-12-21(22)23-17(3)14-16(2)18(23)4;;;/h7-12,14,17H,5-6,13,15H2,1-4H3;2*1H;/q-1;;;+3/p-2. The van der Waals surface area contributed by atoms with Gasteiger partial charge in [-0.05, 0) is 0 Å². The first-order chi connectivity index (χ1) is 12.0. The molecule has 0 radical (unpaired) electrons. The molecule has 1 nitrogen and oxygen atoms in total. The fraction of sp³-hybridized carbons (Fsp3) is 0.391. The molecule has 0 aromatic heterocycles. The van der Waals surface area contributed by atoms with E-state index in [1.807, 2.05) is 0 Å². The summed E-state index contributed by atoms with van der Waals surface area (Å²) in [5, 5.41) is 2.75. The molecule has 0 N–H and O–H groups in total. The van der Waals surface area contributed by atoms with Gasteiger partial charge in [0.2, 0.25) is 0 Å². The van der Waals surface area contributed by atoms with Gasteiger partial charge in [0.25, 0.3) is 0 Å². The van der Waals surface area contributed by atoms with Gasteiger partial charge in [0.05, 0.1) is 0 Å². The number of nitrogens with zero attached hydrogens (tertiary/aromatic N) is 1. The van der Waals surface area contributed by atoms with E-state index in [2.05, 4.69) is 94.2 Å². The molecule has 0 heterocycles. The van der Waals surface area contributed by atoms with Crippen LogP contribution in [0.4, 0.5) is 0 Å². The SMILES string of the molecule is CCCC[N]([Ti+2])Cc1c(C2=C(C)C(C)=CC2C)ccc2ccccc12.[Cl-].[Cl-]. The molecule has 27 heavy (non-hydrogen) atoms. The predicted octanol–water partition coefficient (Wildman–Crippen LogP) is 0.281. The zero-order valence-corrected chi connectivity index (χ0v) is 19.7. The summed E-state index contributed by atoms with van der Waals surface area (Å²) in [7, 11) is 0. The Balaban J connectivity index is 0.00000182. The summed E-state index contributed by atoms with van der Waals surface area (Å²) in [5.74, 6) is 0.501. The van der Waals surface area contributed by atoms with Crippen LogP contribution in [0.1, 0.15) is 51.7 Å². The molecule has 1 atom stereocenters. The second-order valence-electron chi connectivity index (χ2n) is 7.26.